The van der Waals surface area contributed by atoms with Crippen LogP contribution in [0.4, 0.5) is 0 Å². The first-order valence-corrected chi connectivity index (χ1v) is 14.6. The fourth-order valence-electron chi connectivity index (χ4n) is 7.14. The van der Waals surface area contributed by atoms with Crippen LogP contribution in [0, 0.1) is 0 Å². The topological polar surface area (TPSA) is 25.8 Å². The van der Waals surface area contributed by atoms with Gasteiger partial charge in [-0.3, -0.25) is 0 Å². The first kappa shape index (κ1) is 23.4. The van der Waals surface area contributed by atoms with Crippen LogP contribution in [0.25, 0.3) is 66.3 Å². The number of para-hydroxylation sites is 1. The molecule has 0 saturated heterocycles. The molecule has 0 radical (unpaired) electrons. The fourth-order valence-corrected chi connectivity index (χ4v) is 7.14. The van der Waals surface area contributed by atoms with Crippen molar-refractivity contribution in [3.05, 3.63) is 156 Å². The highest BCUT2D eigenvalue weighted by atomic mass is 14.9. The second-order valence-corrected chi connectivity index (χ2v) is 11.2. The number of rotatable bonds is 2. The second kappa shape index (κ2) is 9.09. The van der Waals surface area contributed by atoms with E-state index in [-0.39, 0.29) is 0 Å². The Hall–Kier alpha value is -5.34. The van der Waals surface area contributed by atoms with Crippen molar-refractivity contribution < 1.29 is 0 Å². The molecular formula is C40H26N2. The van der Waals surface area contributed by atoms with Crippen molar-refractivity contribution in [3.8, 4) is 33.5 Å². The molecule has 2 heteroatoms. The molecule has 6 aromatic carbocycles. The summed E-state index contributed by atoms with van der Waals surface area (Å²) < 4.78 is 0. The summed E-state index contributed by atoms with van der Waals surface area (Å²) in [6, 6.07) is 48.0. The monoisotopic (exact) mass is 534 g/mol. The Morgan fingerprint density at radius 2 is 1.10 bits per heavy atom. The summed E-state index contributed by atoms with van der Waals surface area (Å²) in [5.74, 6) is 0.827. The highest BCUT2D eigenvalue weighted by Gasteiger charge is 2.32. The summed E-state index contributed by atoms with van der Waals surface area (Å²) in [4.78, 5) is 10.6. The summed E-state index contributed by atoms with van der Waals surface area (Å²) in [6.07, 6.45) is 1.83. The zero-order valence-corrected chi connectivity index (χ0v) is 23.0. The van der Waals surface area contributed by atoms with Crippen LogP contribution in [0.15, 0.2) is 133 Å². The number of aryl methyl sites for hydroxylation is 1. The third kappa shape index (κ3) is 3.39. The molecule has 2 aliphatic carbocycles. The number of nitrogens with zero attached hydrogens (tertiary/aromatic N) is 2. The second-order valence-electron chi connectivity index (χ2n) is 11.2. The SMILES string of the molecule is c1ccc(-c2nc(C3=C4c5ccccc5-c5ccccc5-c5cc6ccccc6c(c54)CC3)nc3ccccc23)cc1. The molecule has 0 amide bonds. The molecule has 42 heavy (non-hydrogen) atoms. The highest BCUT2D eigenvalue weighted by Crippen LogP contribution is 2.53. The van der Waals surface area contributed by atoms with Crippen molar-refractivity contribution in [2.45, 2.75) is 12.8 Å². The minimum absolute atomic E-state index is 0.827. The van der Waals surface area contributed by atoms with Gasteiger partial charge >= 0.3 is 0 Å². The van der Waals surface area contributed by atoms with Crippen LogP contribution in [-0.2, 0) is 6.42 Å². The third-order valence-electron chi connectivity index (χ3n) is 8.96. The van der Waals surface area contributed by atoms with Gasteiger partial charge in [-0.05, 0) is 80.3 Å². The Morgan fingerprint density at radius 1 is 0.476 bits per heavy atom. The lowest BCUT2D eigenvalue weighted by Crippen LogP contribution is -2.10. The zero-order chi connectivity index (χ0) is 27.6. The molecule has 9 rings (SSSR count). The van der Waals surface area contributed by atoms with Gasteiger partial charge in [-0.1, -0.05) is 121 Å². The van der Waals surface area contributed by atoms with Gasteiger partial charge in [0, 0.05) is 16.5 Å². The first-order chi connectivity index (χ1) is 20.8. The number of benzene rings is 6. The normalized spacial score (nSPS) is 13.4. The Bertz CT molecular complexity index is 2240. The average molecular weight is 535 g/mol. The van der Waals surface area contributed by atoms with Crippen molar-refractivity contribution in [2.24, 2.45) is 0 Å². The van der Waals surface area contributed by atoms with Crippen molar-refractivity contribution >= 4 is 32.8 Å². The Balaban J connectivity index is 1.45. The lowest BCUT2D eigenvalue weighted by atomic mass is 9.77. The van der Waals surface area contributed by atoms with E-state index in [0.29, 0.717) is 0 Å². The minimum atomic E-state index is 0.827. The standard InChI is InChI=1S/C40H26N2/c1-2-12-25(13-3-1)39-33-20-10-11-21-36(33)41-40(42-39)34-23-22-32-27-15-5-4-14-26(27)24-35-30-18-7-6-16-28(30)29-17-8-9-19-31(29)37(34)38(32)35/h1-21,24H,22-23H2. The molecule has 0 aliphatic heterocycles. The molecule has 7 aromatic rings. The van der Waals surface area contributed by atoms with E-state index >= 15 is 0 Å². The van der Waals surface area contributed by atoms with E-state index in [1.165, 1.54) is 60.9 Å². The molecule has 0 unspecified atom stereocenters. The minimum Gasteiger partial charge on any atom is -0.228 e. The predicted octanol–water partition coefficient (Wildman–Crippen LogP) is 10.0. The first-order valence-electron chi connectivity index (χ1n) is 14.6. The largest absolute Gasteiger partial charge is 0.228 e. The number of aromatic nitrogens is 2. The molecule has 0 spiro atoms. The Morgan fingerprint density at radius 3 is 1.90 bits per heavy atom. The van der Waals surface area contributed by atoms with Crippen LogP contribution in [0.5, 0.6) is 0 Å². The molecule has 1 heterocycles. The van der Waals surface area contributed by atoms with Gasteiger partial charge in [0.25, 0.3) is 0 Å². The molecule has 1 aromatic heterocycles. The van der Waals surface area contributed by atoms with Crippen LogP contribution in [-0.4, -0.2) is 9.97 Å². The molecule has 0 N–H and O–H groups in total. The Labute approximate surface area is 244 Å². The van der Waals surface area contributed by atoms with E-state index in [1.807, 2.05) is 0 Å². The molecule has 0 fully saturated rings. The number of allylic oxidation sites excluding steroid dienone is 1. The summed E-state index contributed by atoms with van der Waals surface area (Å²) in [5, 5.41) is 3.71. The van der Waals surface area contributed by atoms with Gasteiger partial charge in [0.05, 0.1) is 11.2 Å². The van der Waals surface area contributed by atoms with Crippen molar-refractivity contribution in [1.29, 1.82) is 0 Å². The van der Waals surface area contributed by atoms with Gasteiger partial charge in [0.1, 0.15) is 0 Å². The van der Waals surface area contributed by atoms with Crippen molar-refractivity contribution in [3.63, 3.8) is 0 Å². The highest BCUT2D eigenvalue weighted by molar-refractivity contribution is 6.14. The van der Waals surface area contributed by atoms with Crippen LogP contribution < -0.4 is 0 Å². The summed E-state index contributed by atoms with van der Waals surface area (Å²) in [6.45, 7) is 0. The smallest absolute Gasteiger partial charge is 0.157 e. The molecule has 0 saturated carbocycles. The maximum atomic E-state index is 5.37. The number of hydrogen-bond donors (Lipinski definition) is 0. The number of fused-ring (bicyclic) bond motifs is 8. The van der Waals surface area contributed by atoms with Gasteiger partial charge < -0.3 is 0 Å². The van der Waals surface area contributed by atoms with Gasteiger partial charge in [-0.25, -0.2) is 9.97 Å². The maximum Gasteiger partial charge on any atom is 0.157 e. The number of hydrogen-bond acceptors (Lipinski definition) is 2. The average Bonchev–Trinajstić information content (AvgIpc) is 3.19. The van der Waals surface area contributed by atoms with Gasteiger partial charge in [-0.2, -0.15) is 0 Å². The molecule has 0 bridgehead atoms. The van der Waals surface area contributed by atoms with Gasteiger partial charge in [0.2, 0.25) is 0 Å². The van der Waals surface area contributed by atoms with Crippen molar-refractivity contribution in [2.75, 3.05) is 0 Å². The fraction of sp³-hybridized carbons (Fsp3) is 0.0500. The molecular weight excluding hydrogens is 508 g/mol. The molecule has 2 nitrogen and oxygen atoms in total. The summed E-state index contributed by atoms with van der Waals surface area (Å²) in [7, 11) is 0. The van der Waals surface area contributed by atoms with E-state index in [1.54, 1.807) is 0 Å². The molecule has 196 valence electrons. The van der Waals surface area contributed by atoms with E-state index in [0.717, 1.165) is 40.8 Å². The predicted molar refractivity (Wildman–Crippen MR) is 174 cm³/mol. The lowest BCUT2D eigenvalue weighted by molar-refractivity contribution is 0.981. The van der Waals surface area contributed by atoms with E-state index in [2.05, 4.69) is 133 Å². The van der Waals surface area contributed by atoms with Gasteiger partial charge in [-0.15, -0.1) is 0 Å². The van der Waals surface area contributed by atoms with E-state index in [4.69, 9.17) is 9.97 Å². The third-order valence-corrected chi connectivity index (χ3v) is 8.96. The molecule has 2 aliphatic rings. The quantitative estimate of drug-likeness (QED) is 0.220. The zero-order valence-electron chi connectivity index (χ0n) is 23.0. The lowest BCUT2D eigenvalue weighted by Gasteiger charge is -2.27. The van der Waals surface area contributed by atoms with Gasteiger partial charge in [0.15, 0.2) is 5.82 Å². The van der Waals surface area contributed by atoms with Crippen molar-refractivity contribution in [1.82, 2.24) is 9.97 Å². The van der Waals surface area contributed by atoms with Crippen LogP contribution >= 0.6 is 0 Å². The Kier molecular flexibility index (Phi) is 5.06. The van der Waals surface area contributed by atoms with Crippen LogP contribution in [0.2, 0.25) is 0 Å². The van der Waals surface area contributed by atoms with E-state index in [9.17, 15) is 0 Å². The van der Waals surface area contributed by atoms with Crippen LogP contribution in [0.1, 0.15) is 28.9 Å². The molecule has 0 atom stereocenters. The van der Waals surface area contributed by atoms with Crippen LogP contribution in [0.3, 0.4) is 0 Å². The maximum absolute atomic E-state index is 5.37. The summed E-state index contributed by atoms with van der Waals surface area (Å²) in [5.41, 5.74) is 14.7. The van der Waals surface area contributed by atoms with E-state index < -0.39 is 0 Å². The summed E-state index contributed by atoms with van der Waals surface area (Å²) >= 11 is 0.